The van der Waals surface area contributed by atoms with Crippen molar-refractivity contribution in [3.63, 3.8) is 0 Å². The number of carbonyl (C=O) groups excluding carboxylic acids is 1. The third-order valence-corrected chi connectivity index (χ3v) is 4.13. The van der Waals surface area contributed by atoms with Gasteiger partial charge in [-0.05, 0) is 24.3 Å². The third kappa shape index (κ3) is 3.74. The zero-order chi connectivity index (χ0) is 20.3. The van der Waals surface area contributed by atoms with Gasteiger partial charge in [-0.1, -0.05) is 24.3 Å². The summed E-state index contributed by atoms with van der Waals surface area (Å²) < 4.78 is 0. The lowest BCUT2D eigenvalue weighted by Crippen LogP contribution is -2.21. The molecule has 0 bridgehead atoms. The van der Waals surface area contributed by atoms with Crippen LogP contribution in [0.5, 0.6) is 0 Å². The maximum atomic E-state index is 11.8. The topological polar surface area (TPSA) is 153 Å². The summed E-state index contributed by atoms with van der Waals surface area (Å²) in [6, 6.07) is 12.0. The summed E-state index contributed by atoms with van der Waals surface area (Å²) in [5.41, 5.74) is 4.02. The number of nitrogens with zero attached hydrogens (tertiary/aromatic N) is 1. The molecule has 0 aliphatic carbocycles. The van der Waals surface area contributed by atoms with Crippen LogP contribution in [-0.2, 0) is 11.2 Å². The lowest BCUT2D eigenvalue weighted by Gasteiger charge is -2.07. The van der Waals surface area contributed by atoms with Crippen molar-refractivity contribution in [3.05, 3.63) is 65.2 Å². The van der Waals surface area contributed by atoms with Crippen LogP contribution in [0.4, 0.5) is 0 Å². The Morgan fingerprint density at radius 1 is 0.929 bits per heavy atom. The van der Waals surface area contributed by atoms with Gasteiger partial charge in [0.25, 0.3) is 0 Å². The Morgan fingerprint density at radius 3 is 2.21 bits per heavy atom. The Kier molecular flexibility index (Phi) is 5.18. The van der Waals surface area contributed by atoms with Crippen LogP contribution in [0.2, 0.25) is 0 Å². The summed E-state index contributed by atoms with van der Waals surface area (Å²) in [5.74, 6) is -2.85. The van der Waals surface area contributed by atoms with Gasteiger partial charge >= 0.3 is 11.9 Å². The standard InChI is InChI=1S/C19H15N3O6/c23-15(22-28)9-14-16(10-4-6-11(7-5-10)18(24)25)20-21-17(14)12-2-1-3-13(8-12)19(26)27/h1-8,28H,9H2,(H,20,21)(H,22,23)(H,24,25)(H,26,27). The van der Waals surface area contributed by atoms with Crippen LogP contribution in [0.15, 0.2) is 48.5 Å². The summed E-state index contributed by atoms with van der Waals surface area (Å²) in [4.78, 5) is 34.1. The minimum absolute atomic E-state index is 0.0667. The van der Waals surface area contributed by atoms with Crippen LogP contribution in [0.1, 0.15) is 26.3 Å². The number of amides is 1. The molecular weight excluding hydrogens is 366 g/mol. The van der Waals surface area contributed by atoms with Gasteiger partial charge in [-0.25, -0.2) is 15.1 Å². The molecule has 9 heteroatoms. The highest BCUT2D eigenvalue weighted by Gasteiger charge is 2.20. The quantitative estimate of drug-likeness (QED) is 0.324. The fourth-order valence-corrected chi connectivity index (χ4v) is 2.79. The first-order valence-electron chi connectivity index (χ1n) is 8.08. The number of aromatic amines is 1. The lowest BCUT2D eigenvalue weighted by atomic mass is 9.98. The SMILES string of the molecule is O=C(Cc1c(-c2ccc(C(=O)O)cc2)n[nH]c1-c1cccc(C(=O)O)c1)NO. The molecule has 9 nitrogen and oxygen atoms in total. The molecule has 0 saturated heterocycles. The molecule has 3 aromatic rings. The van der Waals surface area contributed by atoms with Crippen molar-refractivity contribution >= 4 is 17.8 Å². The van der Waals surface area contributed by atoms with Gasteiger partial charge in [0.05, 0.1) is 28.9 Å². The Hall–Kier alpha value is -3.98. The molecule has 142 valence electrons. The molecule has 2 aromatic carbocycles. The zero-order valence-electron chi connectivity index (χ0n) is 14.3. The predicted molar refractivity (Wildman–Crippen MR) is 97.0 cm³/mol. The number of rotatable bonds is 6. The van der Waals surface area contributed by atoms with E-state index in [1.807, 2.05) is 0 Å². The molecule has 0 aliphatic heterocycles. The highest BCUT2D eigenvalue weighted by molar-refractivity contribution is 5.91. The van der Waals surface area contributed by atoms with Gasteiger partial charge in [0, 0.05) is 16.7 Å². The smallest absolute Gasteiger partial charge is 0.335 e. The largest absolute Gasteiger partial charge is 0.478 e. The van der Waals surface area contributed by atoms with E-state index < -0.39 is 17.8 Å². The van der Waals surface area contributed by atoms with Gasteiger partial charge in [0.15, 0.2) is 0 Å². The normalized spacial score (nSPS) is 10.5. The summed E-state index contributed by atoms with van der Waals surface area (Å²) in [7, 11) is 0. The summed E-state index contributed by atoms with van der Waals surface area (Å²) in [5, 5.41) is 34.1. The Balaban J connectivity index is 2.11. The second-order valence-electron chi connectivity index (χ2n) is 5.91. The third-order valence-electron chi connectivity index (χ3n) is 4.13. The first kappa shape index (κ1) is 18.8. The average molecular weight is 381 g/mol. The van der Waals surface area contributed by atoms with E-state index in [-0.39, 0.29) is 17.5 Å². The highest BCUT2D eigenvalue weighted by atomic mass is 16.5. The van der Waals surface area contributed by atoms with Crippen LogP contribution < -0.4 is 5.48 Å². The molecule has 0 spiro atoms. The number of hydrogen-bond donors (Lipinski definition) is 5. The molecule has 5 N–H and O–H groups in total. The molecule has 0 saturated carbocycles. The van der Waals surface area contributed by atoms with Crippen molar-refractivity contribution in [1.82, 2.24) is 15.7 Å². The van der Waals surface area contributed by atoms with Crippen LogP contribution >= 0.6 is 0 Å². The number of carboxylic acids is 2. The molecule has 1 heterocycles. The first-order valence-corrected chi connectivity index (χ1v) is 8.08. The molecular formula is C19H15N3O6. The van der Waals surface area contributed by atoms with E-state index >= 15 is 0 Å². The second-order valence-corrected chi connectivity index (χ2v) is 5.91. The number of hydrogen-bond acceptors (Lipinski definition) is 5. The fraction of sp³-hybridized carbons (Fsp3) is 0.0526. The molecule has 28 heavy (non-hydrogen) atoms. The van der Waals surface area contributed by atoms with E-state index in [4.69, 9.17) is 10.3 Å². The minimum Gasteiger partial charge on any atom is -0.478 e. The Morgan fingerprint density at radius 2 is 1.61 bits per heavy atom. The number of carbonyl (C=O) groups is 3. The van der Waals surface area contributed by atoms with Crippen LogP contribution in [0.25, 0.3) is 22.5 Å². The van der Waals surface area contributed by atoms with Gasteiger partial charge in [0.1, 0.15) is 0 Å². The number of aromatic nitrogens is 2. The first-order chi connectivity index (χ1) is 13.4. The van der Waals surface area contributed by atoms with E-state index in [0.717, 1.165) is 0 Å². The van der Waals surface area contributed by atoms with E-state index in [1.54, 1.807) is 29.7 Å². The zero-order valence-corrected chi connectivity index (χ0v) is 14.3. The molecule has 3 rings (SSSR count). The maximum absolute atomic E-state index is 11.8. The van der Waals surface area contributed by atoms with Gasteiger partial charge in [-0.2, -0.15) is 5.10 Å². The van der Waals surface area contributed by atoms with Gasteiger partial charge in [-0.15, -0.1) is 0 Å². The van der Waals surface area contributed by atoms with Crippen LogP contribution in [0.3, 0.4) is 0 Å². The number of hydroxylamine groups is 1. The maximum Gasteiger partial charge on any atom is 0.335 e. The van der Waals surface area contributed by atoms with Crippen molar-refractivity contribution in [2.24, 2.45) is 0 Å². The number of nitrogens with one attached hydrogen (secondary N) is 2. The minimum atomic E-state index is -1.10. The van der Waals surface area contributed by atoms with Gasteiger partial charge in [0.2, 0.25) is 5.91 Å². The summed E-state index contributed by atoms with van der Waals surface area (Å²) >= 11 is 0. The number of carboxylic acid groups (broad SMARTS) is 2. The summed E-state index contributed by atoms with van der Waals surface area (Å²) in [6.07, 6.45) is -0.227. The molecule has 0 aliphatic rings. The molecule has 0 atom stereocenters. The molecule has 0 radical (unpaired) electrons. The van der Waals surface area contributed by atoms with Gasteiger partial charge < -0.3 is 10.2 Å². The van der Waals surface area contributed by atoms with Crippen molar-refractivity contribution < 1.29 is 29.8 Å². The predicted octanol–water partition coefficient (Wildman–Crippen LogP) is 2.19. The van der Waals surface area contributed by atoms with E-state index in [0.29, 0.717) is 28.1 Å². The number of aromatic carboxylic acids is 2. The highest BCUT2D eigenvalue weighted by Crippen LogP contribution is 2.31. The Bertz CT molecular complexity index is 1060. The molecule has 0 unspecified atom stereocenters. The van der Waals surface area contributed by atoms with Crippen molar-refractivity contribution in [2.75, 3.05) is 0 Å². The fourth-order valence-electron chi connectivity index (χ4n) is 2.79. The molecule has 1 aromatic heterocycles. The van der Waals surface area contributed by atoms with E-state index in [9.17, 15) is 19.5 Å². The van der Waals surface area contributed by atoms with Gasteiger partial charge in [-0.3, -0.25) is 15.1 Å². The molecule has 0 fully saturated rings. The van der Waals surface area contributed by atoms with Crippen molar-refractivity contribution in [2.45, 2.75) is 6.42 Å². The monoisotopic (exact) mass is 381 g/mol. The van der Waals surface area contributed by atoms with E-state index in [1.165, 1.54) is 24.3 Å². The number of H-pyrrole nitrogens is 1. The van der Waals surface area contributed by atoms with Crippen LogP contribution in [0, 0.1) is 0 Å². The number of benzene rings is 2. The molecule has 1 amide bonds. The second kappa shape index (κ2) is 7.72. The lowest BCUT2D eigenvalue weighted by molar-refractivity contribution is -0.128. The van der Waals surface area contributed by atoms with E-state index in [2.05, 4.69) is 10.2 Å². The average Bonchev–Trinajstić information content (AvgIpc) is 3.11. The van der Waals surface area contributed by atoms with Crippen molar-refractivity contribution in [1.29, 1.82) is 0 Å². The Labute approximate surface area is 158 Å². The van der Waals surface area contributed by atoms with Crippen LogP contribution in [-0.4, -0.2) is 43.5 Å². The summed E-state index contributed by atoms with van der Waals surface area (Å²) in [6.45, 7) is 0. The van der Waals surface area contributed by atoms with Crippen molar-refractivity contribution in [3.8, 4) is 22.5 Å².